The SMILES string of the molecule is CC(C)CCSc1n[nH]c(C(C)C)n1. The largest absolute Gasteiger partial charge is 0.262 e. The van der Waals surface area contributed by atoms with Crippen molar-refractivity contribution < 1.29 is 0 Å². The molecule has 1 N–H and O–H groups in total. The van der Waals surface area contributed by atoms with Gasteiger partial charge in [0.1, 0.15) is 5.82 Å². The molecule has 0 saturated heterocycles. The van der Waals surface area contributed by atoms with Crippen LogP contribution in [0.5, 0.6) is 0 Å². The van der Waals surface area contributed by atoms with Gasteiger partial charge in [-0.15, -0.1) is 5.10 Å². The fourth-order valence-electron chi connectivity index (χ4n) is 0.967. The maximum atomic E-state index is 4.40. The smallest absolute Gasteiger partial charge is 0.208 e. The lowest BCUT2D eigenvalue weighted by Gasteiger charge is -2.00. The maximum Gasteiger partial charge on any atom is 0.208 e. The van der Waals surface area contributed by atoms with Crippen LogP contribution in [0.4, 0.5) is 0 Å². The van der Waals surface area contributed by atoms with E-state index in [1.807, 2.05) is 0 Å². The Morgan fingerprint density at radius 1 is 1.29 bits per heavy atom. The molecule has 0 aliphatic heterocycles. The highest BCUT2D eigenvalue weighted by Gasteiger charge is 2.06. The summed E-state index contributed by atoms with van der Waals surface area (Å²) in [4.78, 5) is 4.40. The standard InChI is InChI=1S/C10H19N3S/c1-7(2)5-6-14-10-11-9(8(3)4)12-13-10/h7-8H,5-6H2,1-4H3,(H,11,12,13). The van der Waals surface area contributed by atoms with Gasteiger partial charge in [0.2, 0.25) is 5.16 Å². The van der Waals surface area contributed by atoms with Crippen molar-refractivity contribution in [3.05, 3.63) is 5.82 Å². The van der Waals surface area contributed by atoms with Crippen molar-refractivity contribution in [2.24, 2.45) is 5.92 Å². The summed E-state index contributed by atoms with van der Waals surface area (Å²) >= 11 is 1.73. The van der Waals surface area contributed by atoms with Crippen molar-refractivity contribution >= 4 is 11.8 Å². The second kappa shape index (κ2) is 5.39. The van der Waals surface area contributed by atoms with E-state index in [0.29, 0.717) is 5.92 Å². The van der Waals surface area contributed by atoms with Crippen molar-refractivity contribution in [1.29, 1.82) is 0 Å². The summed E-state index contributed by atoms with van der Waals surface area (Å²) in [6, 6.07) is 0. The molecule has 0 saturated carbocycles. The molecule has 0 bridgehead atoms. The summed E-state index contributed by atoms with van der Waals surface area (Å²) in [7, 11) is 0. The van der Waals surface area contributed by atoms with Crippen LogP contribution in [0.1, 0.15) is 45.9 Å². The minimum Gasteiger partial charge on any atom is -0.262 e. The Morgan fingerprint density at radius 3 is 2.50 bits per heavy atom. The van der Waals surface area contributed by atoms with Crippen LogP contribution in [0.3, 0.4) is 0 Å². The van der Waals surface area contributed by atoms with Crippen molar-refractivity contribution in [2.45, 2.75) is 45.2 Å². The molecule has 0 aliphatic rings. The summed E-state index contributed by atoms with van der Waals surface area (Å²) in [6.45, 7) is 8.70. The first-order valence-corrected chi connectivity index (χ1v) is 6.13. The molecule has 0 unspecified atom stereocenters. The van der Waals surface area contributed by atoms with Crippen molar-refractivity contribution in [1.82, 2.24) is 15.2 Å². The lowest BCUT2D eigenvalue weighted by Crippen LogP contribution is -1.90. The molecule has 0 aromatic carbocycles. The molecule has 3 nitrogen and oxygen atoms in total. The van der Waals surface area contributed by atoms with E-state index >= 15 is 0 Å². The van der Waals surface area contributed by atoms with Crippen LogP contribution in [-0.2, 0) is 0 Å². The molecular formula is C10H19N3S. The first-order chi connectivity index (χ1) is 6.59. The molecule has 1 heterocycles. The van der Waals surface area contributed by atoms with E-state index < -0.39 is 0 Å². The van der Waals surface area contributed by atoms with Gasteiger partial charge >= 0.3 is 0 Å². The van der Waals surface area contributed by atoms with E-state index in [-0.39, 0.29) is 0 Å². The molecule has 0 radical (unpaired) electrons. The number of nitrogens with one attached hydrogen (secondary N) is 1. The van der Waals surface area contributed by atoms with Crippen LogP contribution in [0.15, 0.2) is 5.16 Å². The predicted molar refractivity (Wildman–Crippen MR) is 60.7 cm³/mol. The number of aromatic amines is 1. The Bertz CT molecular complexity index is 268. The zero-order valence-electron chi connectivity index (χ0n) is 9.37. The minimum atomic E-state index is 0.432. The normalized spacial score (nSPS) is 11.6. The highest BCUT2D eigenvalue weighted by atomic mass is 32.2. The zero-order chi connectivity index (χ0) is 10.6. The van der Waals surface area contributed by atoms with Gasteiger partial charge in [-0.1, -0.05) is 39.5 Å². The second-order valence-corrected chi connectivity index (χ2v) is 5.25. The van der Waals surface area contributed by atoms with Gasteiger partial charge in [-0.05, 0) is 12.3 Å². The number of thioether (sulfide) groups is 1. The molecule has 1 aromatic heterocycles. The van der Waals surface area contributed by atoms with Crippen LogP contribution in [0.25, 0.3) is 0 Å². The van der Waals surface area contributed by atoms with Crippen LogP contribution < -0.4 is 0 Å². The summed E-state index contributed by atoms with van der Waals surface area (Å²) in [5.74, 6) is 3.28. The lowest BCUT2D eigenvalue weighted by molar-refractivity contribution is 0.631. The summed E-state index contributed by atoms with van der Waals surface area (Å²) in [6.07, 6.45) is 1.22. The van der Waals surface area contributed by atoms with E-state index in [1.54, 1.807) is 11.8 Å². The van der Waals surface area contributed by atoms with E-state index in [2.05, 4.69) is 42.9 Å². The third kappa shape index (κ3) is 3.70. The molecule has 14 heavy (non-hydrogen) atoms. The molecule has 1 rings (SSSR count). The molecule has 4 heteroatoms. The van der Waals surface area contributed by atoms with E-state index in [9.17, 15) is 0 Å². The van der Waals surface area contributed by atoms with Crippen LogP contribution in [0.2, 0.25) is 0 Å². The minimum absolute atomic E-state index is 0.432. The maximum absolute atomic E-state index is 4.40. The van der Waals surface area contributed by atoms with E-state index in [1.165, 1.54) is 6.42 Å². The van der Waals surface area contributed by atoms with Crippen molar-refractivity contribution in [3.8, 4) is 0 Å². The topological polar surface area (TPSA) is 41.6 Å². The number of hydrogen-bond donors (Lipinski definition) is 1. The highest BCUT2D eigenvalue weighted by Crippen LogP contribution is 2.18. The van der Waals surface area contributed by atoms with Crippen LogP contribution in [0, 0.1) is 5.92 Å². The molecule has 1 aromatic rings. The third-order valence-corrected chi connectivity index (χ3v) is 2.84. The van der Waals surface area contributed by atoms with Crippen molar-refractivity contribution in [3.63, 3.8) is 0 Å². The summed E-state index contributed by atoms with van der Waals surface area (Å²) in [5.41, 5.74) is 0. The molecular weight excluding hydrogens is 194 g/mol. The molecule has 0 aliphatic carbocycles. The fourth-order valence-corrected chi connectivity index (χ4v) is 2.01. The lowest BCUT2D eigenvalue weighted by atomic mass is 10.2. The number of H-pyrrole nitrogens is 1. The quantitative estimate of drug-likeness (QED) is 0.764. The molecule has 0 fully saturated rings. The molecule has 80 valence electrons. The summed E-state index contributed by atoms with van der Waals surface area (Å²) in [5, 5.41) is 8.01. The van der Waals surface area contributed by atoms with Crippen LogP contribution in [-0.4, -0.2) is 20.9 Å². The number of rotatable bonds is 5. The molecule has 0 amide bonds. The average Bonchev–Trinajstić information content (AvgIpc) is 2.52. The first kappa shape index (κ1) is 11.6. The third-order valence-electron chi connectivity index (χ3n) is 1.96. The van der Waals surface area contributed by atoms with Gasteiger partial charge < -0.3 is 0 Å². The summed E-state index contributed by atoms with van der Waals surface area (Å²) < 4.78 is 0. The number of hydrogen-bond acceptors (Lipinski definition) is 3. The second-order valence-electron chi connectivity index (χ2n) is 4.19. The van der Waals surface area contributed by atoms with Gasteiger partial charge in [-0.25, -0.2) is 4.98 Å². The molecule has 0 spiro atoms. The number of aromatic nitrogens is 3. The van der Waals surface area contributed by atoms with E-state index in [0.717, 1.165) is 22.7 Å². The van der Waals surface area contributed by atoms with Gasteiger partial charge in [-0.2, -0.15) is 0 Å². The van der Waals surface area contributed by atoms with Gasteiger partial charge in [-0.3, -0.25) is 5.10 Å². The Kier molecular flexibility index (Phi) is 4.45. The van der Waals surface area contributed by atoms with Gasteiger partial charge in [0.05, 0.1) is 0 Å². The monoisotopic (exact) mass is 213 g/mol. The number of nitrogens with zero attached hydrogens (tertiary/aromatic N) is 2. The Hall–Kier alpha value is -0.510. The average molecular weight is 213 g/mol. The highest BCUT2D eigenvalue weighted by molar-refractivity contribution is 7.99. The van der Waals surface area contributed by atoms with E-state index in [4.69, 9.17) is 0 Å². The Morgan fingerprint density at radius 2 is 2.00 bits per heavy atom. The Balaban J connectivity index is 2.36. The first-order valence-electron chi connectivity index (χ1n) is 5.14. The Labute approximate surface area is 90.1 Å². The van der Waals surface area contributed by atoms with Crippen LogP contribution >= 0.6 is 11.8 Å². The molecule has 0 atom stereocenters. The van der Waals surface area contributed by atoms with Crippen molar-refractivity contribution in [2.75, 3.05) is 5.75 Å². The van der Waals surface area contributed by atoms with Gasteiger partial charge in [0, 0.05) is 11.7 Å². The zero-order valence-corrected chi connectivity index (χ0v) is 10.2. The van der Waals surface area contributed by atoms with Gasteiger partial charge in [0.25, 0.3) is 0 Å². The van der Waals surface area contributed by atoms with Gasteiger partial charge in [0.15, 0.2) is 0 Å². The predicted octanol–water partition coefficient (Wildman–Crippen LogP) is 3.07. The fraction of sp³-hybridized carbons (Fsp3) is 0.800.